The molecule has 30 heavy (non-hydrogen) atoms. The van der Waals surface area contributed by atoms with Crippen molar-refractivity contribution < 1.29 is 14.0 Å². The Kier molecular flexibility index (Phi) is 5.57. The minimum absolute atomic E-state index is 0.0650. The molecule has 0 saturated carbocycles. The van der Waals surface area contributed by atoms with Gasteiger partial charge in [0.2, 0.25) is 5.91 Å². The molecule has 1 aliphatic rings. The highest BCUT2D eigenvalue weighted by atomic mass is 16.3. The van der Waals surface area contributed by atoms with Gasteiger partial charge in [-0.1, -0.05) is 30.3 Å². The first kappa shape index (κ1) is 19.8. The molecule has 0 saturated heterocycles. The van der Waals surface area contributed by atoms with Crippen molar-refractivity contribution in [3.05, 3.63) is 83.8 Å². The van der Waals surface area contributed by atoms with Gasteiger partial charge >= 0.3 is 0 Å². The van der Waals surface area contributed by atoms with Crippen LogP contribution in [0.1, 0.15) is 28.6 Å². The van der Waals surface area contributed by atoms with Gasteiger partial charge in [-0.05, 0) is 49.2 Å². The molecule has 0 spiro atoms. The van der Waals surface area contributed by atoms with Gasteiger partial charge in [0.1, 0.15) is 5.76 Å². The quantitative estimate of drug-likeness (QED) is 0.683. The van der Waals surface area contributed by atoms with Gasteiger partial charge in [0.25, 0.3) is 5.91 Å². The van der Waals surface area contributed by atoms with Crippen LogP contribution >= 0.6 is 0 Å². The summed E-state index contributed by atoms with van der Waals surface area (Å²) in [4.78, 5) is 29.6. The van der Waals surface area contributed by atoms with Crippen molar-refractivity contribution in [1.82, 2.24) is 5.32 Å². The number of likely N-dealkylation sites (N-methyl/N-ethyl adjacent to an activating group) is 1. The molecular formula is C24H25N3O3. The number of fused-ring (bicyclic) bond motifs is 1. The van der Waals surface area contributed by atoms with Crippen molar-refractivity contribution in [2.45, 2.75) is 25.9 Å². The number of nitrogens with zero attached hydrogens (tertiary/aromatic N) is 2. The standard InChI is InChI=1S/C24H25N3O3/c1-17-14-18-8-3-5-11-21(18)27(17)16-23(28)26(2)22-12-6-4-10-20(22)24(29)25-15-19-9-7-13-30-19/h3-13,17H,14-16H2,1-2H3,(H,25,29). The number of hydrogen-bond donors (Lipinski definition) is 1. The van der Waals surface area contributed by atoms with Gasteiger partial charge in [-0.2, -0.15) is 0 Å². The van der Waals surface area contributed by atoms with E-state index in [1.54, 1.807) is 48.5 Å². The van der Waals surface area contributed by atoms with Crippen LogP contribution < -0.4 is 15.1 Å². The molecule has 1 aromatic heterocycles. The Labute approximate surface area is 176 Å². The Bertz CT molecular complexity index is 1050. The molecule has 3 aromatic rings. The first-order valence-electron chi connectivity index (χ1n) is 10.1. The zero-order valence-electron chi connectivity index (χ0n) is 17.2. The van der Waals surface area contributed by atoms with E-state index < -0.39 is 0 Å². The lowest BCUT2D eigenvalue weighted by atomic mass is 10.1. The fourth-order valence-corrected chi connectivity index (χ4v) is 3.89. The number of nitrogens with one attached hydrogen (secondary N) is 1. The summed E-state index contributed by atoms with van der Waals surface area (Å²) < 4.78 is 5.26. The number of amides is 2. The first-order valence-corrected chi connectivity index (χ1v) is 10.1. The number of anilines is 2. The van der Waals surface area contributed by atoms with Crippen LogP contribution in [-0.2, 0) is 17.8 Å². The molecule has 1 aliphatic heterocycles. The topological polar surface area (TPSA) is 65.8 Å². The summed E-state index contributed by atoms with van der Waals surface area (Å²) in [7, 11) is 1.72. The largest absolute Gasteiger partial charge is 0.467 e. The lowest BCUT2D eigenvalue weighted by Crippen LogP contribution is -2.41. The third-order valence-electron chi connectivity index (χ3n) is 5.54. The Morgan fingerprint density at radius 3 is 2.67 bits per heavy atom. The van der Waals surface area contributed by atoms with E-state index in [1.165, 1.54) is 5.56 Å². The summed E-state index contributed by atoms with van der Waals surface area (Å²) in [5, 5.41) is 2.85. The Balaban J connectivity index is 1.48. The minimum Gasteiger partial charge on any atom is -0.467 e. The number of hydrogen-bond acceptors (Lipinski definition) is 4. The van der Waals surface area contributed by atoms with E-state index in [0.29, 0.717) is 23.6 Å². The van der Waals surface area contributed by atoms with E-state index in [-0.39, 0.29) is 24.4 Å². The van der Waals surface area contributed by atoms with Crippen LogP contribution in [-0.4, -0.2) is 31.4 Å². The highest BCUT2D eigenvalue weighted by molar-refractivity contribution is 6.05. The monoisotopic (exact) mass is 403 g/mol. The third kappa shape index (κ3) is 3.94. The maximum absolute atomic E-state index is 13.1. The molecule has 0 bridgehead atoms. The molecule has 154 valence electrons. The maximum atomic E-state index is 13.1. The molecule has 2 amide bonds. The van der Waals surface area contributed by atoms with Crippen molar-refractivity contribution in [3.63, 3.8) is 0 Å². The average Bonchev–Trinajstić information content (AvgIpc) is 3.39. The fourth-order valence-electron chi connectivity index (χ4n) is 3.89. The van der Waals surface area contributed by atoms with Crippen molar-refractivity contribution >= 4 is 23.2 Å². The van der Waals surface area contributed by atoms with Crippen LogP contribution in [0.4, 0.5) is 11.4 Å². The van der Waals surface area contributed by atoms with E-state index in [0.717, 1.165) is 12.1 Å². The van der Waals surface area contributed by atoms with Gasteiger partial charge in [0.15, 0.2) is 0 Å². The van der Waals surface area contributed by atoms with Gasteiger partial charge in [0.05, 0.1) is 30.6 Å². The number of carbonyl (C=O) groups is 2. The molecule has 0 radical (unpaired) electrons. The second-order valence-corrected chi connectivity index (χ2v) is 7.54. The second-order valence-electron chi connectivity index (χ2n) is 7.54. The molecule has 0 aliphatic carbocycles. The first-order chi connectivity index (χ1) is 14.5. The molecule has 0 fully saturated rings. The van der Waals surface area contributed by atoms with Crippen molar-refractivity contribution in [1.29, 1.82) is 0 Å². The number of para-hydroxylation sites is 2. The highest BCUT2D eigenvalue weighted by Crippen LogP contribution is 2.32. The normalized spacial score (nSPS) is 15.0. The summed E-state index contributed by atoms with van der Waals surface area (Å²) in [6.07, 6.45) is 2.50. The molecule has 2 heterocycles. The zero-order valence-corrected chi connectivity index (χ0v) is 17.2. The van der Waals surface area contributed by atoms with Crippen LogP contribution in [0.5, 0.6) is 0 Å². The molecule has 1 N–H and O–H groups in total. The van der Waals surface area contributed by atoms with Crippen molar-refractivity contribution in [3.8, 4) is 0 Å². The predicted molar refractivity (Wildman–Crippen MR) is 117 cm³/mol. The van der Waals surface area contributed by atoms with Gasteiger partial charge in [-0.15, -0.1) is 0 Å². The van der Waals surface area contributed by atoms with Crippen molar-refractivity contribution in [2.24, 2.45) is 0 Å². The number of rotatable bonds is 6. The van der Waals surface area contributed by atoms with Gasteiger partial charge in [-0.3, -0.25) is 9.59 Å². The Hall–Kier alpha value is -3.54. The minimum atomic E-state index is -0.249. The number of benzene rings is 2. The lowest BCUT2D eigenvalue weighted by molar-refractivity contribution is -0.117. The molecule has 1 unspecified atom stereocenters. The van der Waals surface area contributed by atoms with E-state index in [1.807, 2.05) is 18.2 Å². The summed E-state index contributed by atoms with van der Waals surface area (Å²) >= 11 is 0. The predicted octanol–water partition coefficient (Wildman–Crippen LogP) is 3.62. The van der Waals surface area contributed by atoms with Gasteiger partial charge < -0.3 is 19.5 Å². The van der Waals surface area contributed by atoms with Crippen LogP contribution in [0.3, 0.4) is 0 Å². The molecule has 1 atom stereocenters. The third-order valence-corrected chi connectivity index (χ3v) is 5.54. The summed E-state index contributed by atoms with van der Waals surface area (Å²) in [6.45, 7) is 2.68. The van der Waals surface area contributed by atoms with Gasteiger partial charge in [-0.25, -0.2) is 0 Å². The molecule has 6 heteroatoms. The summed E-state index contributed by atoms with van der Waals surface area (Å²) in [6, 6.07) is 19.2. The van der Waals surface area contributed by atoms with E-state index in [2.05, 4.69) is 29.3 Å². The lowest BCUT2D eigenvalue weighted by Gasteiger charge is -2.28. The summed E-state index contributed by atoms with van der Waals surface area (Å²) in [5.41, 5.74) is 3.41. The molecule has 4 rings (SSSR count). The Morgan fingerprint density at radius 1 is 1.10 bits per heavy atom. The number of furan rings is 1. The molecular weight excluding hydrogens is 378 g/mol. The average molecular weight is 403 g/mol. The van der Waals surface area contributed by atoms with Gasteiger partial charge in [0, 0.05) is 18.8 Å². The fraction of sp³-hybridized carbons (Fsp3) is 0.250. The van der Waals surface area contributed by atoms with E-state index in [9.17, 15) is 9.59 Å². The Morgan fingerprint density at radius 2 is 1.87 bits per heavy atom. The molecule has 6 nitrogen and oxygen atoms in total. The molecule has 2 aromatic carbocycles. The van der Waals surface area contributed by atoms with Crippen LogP contribution in [0.2, 0.25) is 0 Å². The second kappa shape index (κ2) is 8.45. The van der Waals surface area contributed by atoms with E-state index >= 15 is 0 Å². The van der Waals surface area contributed by atoms with Crippen LogP contribution in [0.25, 0.3) is 0 Å². The summed E-state index contributed by atoms with van der Waals surface area (Å²) in [5.74, 6) is 0.360. The number of carbonyl (C=O) groups excluding carboxylic acids is 2. The highest BCUT2D eigenvalue weighted by Gasteiger charge is 2.29. The van der Waals surface area contributed by atoms with Crippen molar-refractivity contribution in [2.75, 3.05) is 23.4 Å². The maximum Gasteiger partial charge on any atom is 0.253 e. The van der Waals surface area contributed by atoms with E-state index in [4.69, 9.17) is 4.42 Å². The SMILES string of the molecule is CC1Cc2ccccc2N1CC(=O)N(C)c1ccccc1C(=O)NCc1ccco1. The van der Waals surface area contributed by atoms with Crippen LogP contribution in [0.15, 0.2) is 71.3 Å². The van der Waals surface area contributed by atoms with Crippen LogP contribution in [0, 0.1) is 0 Å². The zero-order chi connectivity index (χ0) is 21.1. The smallest absolute Gasteiger partial charge is 0.253 e.